The summed E-state index contributed by atoms with van der Waals surface area (Å²) >= 11 is 0. The quantitative estimate of drug-likeness (QED) is 0.436. The van der Waals surface area contributed by atoms with Crippen LogP contribution in [0, 0.1) is 0 Å². The van der Waals surface area contributed by atoms with Crippen LogP contribution in [0.25, 0.3) is 0 Å². The van der Waals surface area contributed by atoms with Gasteiger partial charge in [-0.2, -0.15) is 0 Å². The monoisotopic (exact) mass is 155 g/mol. The van der Waals surface area contributed by atoms with E-state index in [-0.39, 0.29) is 0 Å². The third-order valence-electron chi connectivity index (χ3n) is 2.86. The Morgan fingerprint density at radius 2 is 2.30 bits per heavy atom. The second-order valence-corrected chi connectivity index (χ2v) is 8.67. The van der Waals surface area contributed by atoms with Crippen LogP contribution in [0.4, 0.5) is 0 Å². The lowest BCUT2D eigenvalue weighted by atomic mass is 10.4. The third-order valence-corrected chi connectivity index (χ3v) is 7.45. The van der Waals surface area contributed by atoms with Crippen molar-refractivity contribution < 1.29 is 0 Å². The van der Waals surface area contributed by atoms with Gasteiger partial charge >= 0.3 is 0 Å². The maximum Gasteiger partial charge on any atom is 0.126 e. The summed E-state index contributed by atoms with van der Waals surface area (Å²) in [5.41, 5.74) is 0.979. The molecule has 0 aromatic rings. The number of hydrogen-bond donors (Lipinski definition) is 0. The Balaban J connectivity index is 2.46. The summed E-state index contributed by atoms with van der Waals surface area (Å²) in [5.74, 6) is 0. The molecule has 0 amide bonds. The van der Waals surface area contributed by atoms with Gasteiger partial charge in [0.1, 0.15) is 8.24 Å². The zero-order valence-corrected chi connectivity index (χ0v) is 8.22. The first-order valence-electron chi connectivity index (χ1n) is 3.95. The molecule has 0 aromatic heterocycles. The summed E-state index contributed by atoms with van der Waals surface area (Å²) < 4.78 is 2.59. The predicted molar refractivity (Wildman–Crippen MR) is 48.7 cm³/mol. The minimum absolute atomic E-state index is 0.942. The van der Waals surface area contributed by atoms with Crippen molar-refractivity contribution in [1.29, 1.82) is 0 Å². The first-order valence-corrected chi connectivity index (χ1v) is 6.97. The van der Waals surface area contributed by atoms with Crippen molar-refractivity contribution in [2.45, 2.75) is 25.6 Å². The highest BCUT2D eigenvalue weighted by Gasteiger charge is 2.44. The lowest BCUT2D eigenvalue weighted by molar-refractivity contribution is 0.372. The molecule has 1 saturated heterocycles. The topological polar surface area (TPSA) is 3.24 Å². The van der Waals surface area contributed by atoms with E-state index in [1.807, 2.05) is 6.08 Å². The number of hydrogen-bond acceptors (Lipinski definition) is 1. The minimum atomic E-state index is -0.942. The minimum Gasteiger partial charge on any atom is -0.320 e. The van der Waals surface area contributed by atoms with Crippen LogP contribution in [0.5, 0.6) is 0 Å². The Morgan fingerprint density at radius 1 is 1.70 bits per heavy atom. The van der Waals surface area contributed by atoms with Crippen molar-refractivity contribution in [1.82, 2.24) is 4.57 Å². The van der Waals surface area contributed by atoms with Gasteiger partial charge in [0.05, 0.1) is 0 Å². The average molecular weight is 155 g/mol. The Morgan fingerprint density at radius 3 is 2.60 bits per heavy atom. The fraction of sp³-hybridized carbons (Fsp3) is 0.750. The fourth-order valence-corrected chi connectivity index (χ4v) is 3.77. The average Bonchev–Trinajstić information content (AvgIpc) is 1.88. The van der Waals surface area contributed by atoms with Gasteiger partial charge in [-0.25, -0.2) is 0 Å². The first-order chi connectivity index (χ1) is 4.59. The van der Waals surface area contributed by atoms with Crippen molar-refractivity contribution >= 4 is 8.24 Å². The van der Waals surface area contributed by atoms with Gasteiger partial charge in [0, 0.05) is 6.54 Å². The van der Waals surface area contributed by atoms with Gasteiger partial charge in [0.25, 0.3) is 0 Å². The maximum atomic E-state index is 3.75. The van der Waals surface area contributed by atoms with E-state index in [9.17, 15) is 0 Å². The SMILES string of the molecule is C=CCN1CC(C)[Si]1(C)C. The van der Waals surface area contributed by atoms with Gasteiger partial charge in [-0.3, -0.25) is 0 Å². The molecule has 0 radical (unpaired) electrons. The molecule has 1 aliphatic rings. The molecule has 1 heterocycles. The summed E-state index contributed by atoms with van der Waals surface area (Å²) in [6.45, 7) is 13.4. The molecule has 58 valence electrons. The van der Waals surface area contributed by atoms with Gasteiger partial charge in [-0.1, -0.05) is 26.1 Å². The highest BCUT2D eigenvalue weighted by Crippen LogP contribution is 2.35. The van der Waals surface area contributed by atoms with Crippen molar-refractivity contribution in [3.8, 4) is 0 Å². The predicted octanol–water partition coefficient (Wildman–Crippen LogP) is 2.08. The summed E-state index contributed by atoms with van der Waals surface area (Å²) in [6.07, 6.45) is 2.01. The van der Waals surface area contributed by atoms with E-state index >= 15 is 0 Å². The van der Waals surface area contributed by atoms with Crippen molar-refractivity contribution in [2.75, 3.05) is 13.1 Å². The maximum absolute atomic E-state index is 3.75. The van der Waals surface area contributed by atoms with E-state index in [0.29, 0.717) is 0 Å². The van der Waals surface area contributed by atoms with Crippen LogP contribution in [0.15, 0.2) is 12.7 Å². The Labute approximate surface area is 64.8 Å². The molecular formula is C8H17NSi. The smallest absolute Gasteiger partial charge is 0.126 e. The molecule has 1 atom stereocenters. The molecule has 0 saturated carbocycles. The normalized spacial score (nSPS) is 31.3. The first kappa shape index (κ1) is 8.02. The van der Waals surface area contributed by atoms with Crippen LogP contribution in [-0.2, 0) is 0 Å². The van der Waals surface area contributed by atoms with Gasteiger partial charge in [0.15, 0.2) is 0 Å². The molecular weight excluding hydrogens is 138 g/mol. The zero-order chi connectivity index (χ0) is 7.78. The molecule has 1 aliphatic heterocycles. The summed E-state index contributed by atoms with van der Waals surface area (Å²) in [7, 11) is -0.942. The Kier molecular flexibility index (Phi) is 2.01. The van der Waals surface area contributed by atoms with E-state index < -0.39 is 8.24 Å². The van der Waals surface area contributed by atoms with Gasteiger partial charge in [-0.15, -0.1) is 6.58 Å². The molecule has 0 aromatic carbocycles. The molecule has 0 aliphatic carbocycles. The second-order valence-electron chi connectivity index (χ2n) is 3.75. The third kappa shape index (κ3) is 1.06. The highest BCUT2D eigenvalue weighted by atomic mass is 28.3. The summed E-state index contributed by atoms with van der Waals surface area (Å²) in [4.78, 5) is 0. The Hall–Kier alpha value is -0.0831. The fourth-order valence-electron chi connectivity index (χ4n) is 1.45. The largest absolute Gasteiger partial charge is 0.320 e. The van der Waals surface area contributed by atoms with Crippen molar-refractivity contribution in [3.63, 3.8) is 0 Å². The molecule has 1 unspecified atom stereocenters. The standard InChI is InChI=1S/C8H17NSi/c1-5-6-9-7-8(2)10(9,3)4/h5,8H,1,6-7H2,2-4H3. The summed E-state index contributed by atoms with van der Waals surface area (Å²) in [5, 5.41) is 0. The number of rotatable bonds is 2. The van der Waals surface area contributed by atoms with Crippen LogP contribution < -0.4 is 0 Å². The van der Waals surface area contributed by atoms with Crippen molar-refractivity contribution in [2.24, 2.45) is 0 Å². The van der Waals surface area contributed by atoms with Gasteiger partial charge in [0.2, 0.25) is 0 Å². The van der Waals surface area contributed by atoms with E-state index in [1.54, 1.807) is 0 Å². The molecule has 0 spiro atoms. The summed E-state index contributed by atoms with van der Waals surface area (Å²) in [6, 6.07) is 0. The van der Waals surface area contributed by atoms with Crippen LogP contribution in [0.1, 0.15) is 6.92 Å². The van der Waals surface area contributed by atoms with E-state index in [4.69, 9.17) is 0 Å². The molecule has 0 bridgehead atoms. The zero-order valence-electron chi connectivity index (χ0n) is 7.22. The van der Waals surface area contributed by atoms with Crippen LogP contribution in [-0.4, -0.2) is 25.9 Å². The lowest BCUT2D eigenvalue weighted by Crippen LogP contribution is -2.63. The molecule has 2 heteroatoms. The molecule has 1 rings (SSSR count). The second kappa shape index (κ2) is 2.51. The molecule has 10 heavy (non-hydrogen) atoms. The Bertz CT molecular complexity index is 142. The van der Waals surface area contributed by atoms with Crippen LogP contribution in [0.2, 0.25) is 18.6 Å². The molecule has 1 nitrogen and oxygen atoms in total. The van der Waals surface area contributed by atoms with Gasteiger partial charge < -0.3 is 4.57 Å². The van der Waals surface area contributed by atoms with Crippen LogP contribution in [0.3, 0.4) is 0 Å². The van der Waals surface area contributed by atoms with Crippen LogP contribution >= 0.6 is 0 Å². The molecule has 1 fully saturated rings. The number of nitrogens with zero attached hydrogens (tertiary/aromatic N) is 1. The van der Waals surface area contributed by atoms with Gasteiger partial charge in [-0.05, 0) is 12.1 Å². The van der Waals surface area contributed by atoms with Crippen molar-refractivity contribution in [3.05, 3.63) is 12.7 Å². The lowest BCUT2D eigenvalue weighted by Gasteiger charge is -2.52. The van der Waals surface area contributed by atoms with E-state index in [0.717, 1.165) is 12.1 Å². The van der Waals surface area contributed by atoms with E-state index in [1.165, 1.54) is 6.54 Å². The molecule has 0 N–H and O–H groups in total. The van der Waals surface area contributed by atoms with E-state index in [2.05, 4.69) is 31.2 Å². The highest BCUT2D eigenvalue weighted by molar-refractivity contribution is 6.78.